The molecule has 0 bridgehead atoms. The van der Waals surface area contributed by atoms with Crippen molar-refractivity contribution in [2.24, 2.45) is 0 Å². The maximum absolute atomic E-state index is 11.9. The second-order valence-electron chi connectivity index (χ2n) is 5.03. The van der Waals surface area contributed by atoms with E-state index in [2.05, 4.69) is 16.2 Å². The summed E-state index contributed by atoms with van der Waals surface area (Å²) in [6, 6.07) is 13.4. The van der Waals surface area contributed by atoms with E-state index in [-0.39, 0.29) is 12.1 Å². The zero-order valence-electron chi connectivity index (χ0n) is 12.9. The van der Waals surface area contributed by atoms with Crippen LogP contribution >= 0.6 is 11.6 Å². The molecular weight excluding hydrogens is 330 g/mol. The van der Waals surface area contributed by atoms with Gasteiger partial charge in [-0.15, -0.1) is 0 Å². The lowest BCUT2D eigenvalue weighted by Crippen LogP contribution is -2.46. The molecule has 0 spiro atoms. The highest BCUT2D eigenvalue weighted by molar-refractivity contribution is 6.33. The Morgan fingerprint density at radius 3 is 2.25 bits per heavy atom. The van der Waals surface area contributed by atoms with Gasteiger partial charge in [0.1, 0.15) is 0 Å². The van der Waals surface area contributed by atoms with Crippen molar-refractivity contribution < 1.29 is 14.4 Å². The predicted octanol–water partition coefficient (Wildman–Crippen LogP) is 1.84. The topological polar surface area (TPSA) is 87.3 Å². The average Bonchev–Trinajstić information content (AvgIpc) is 2.58. The van der Waals surface area contributed by atoms with Crippen LogP contribution in [0.2, 0.25) is 5.02 Å². The van der Waals surface area contributed by atoms with Crippen LogP contribution in [0.15, 0.2) is 48.5 Å². The van der Waals surface area contributed by atoms with Gasteiger partial charge in [0, 0.05) is 5.56 Å². The molecule has 0 fully saturated rings. The third-order valence-corrected chi connectivity index (χ3v) is 3.49. The number of rotatable bonds is 4. The average molecular weight is 346 g/mol. The molecule has 0 heterocycles. The minimum atomic E-state index is -0.559. The van der Waals surface area contributed by atoms with Crippen LogP contribution in [0.5, 0.6) is 0 Å². The van der Waals surface area contributed by atoms with Crippen LogP contribution < -0.4 is 16.2 Å². The van der Waals surface area contributed by atoms with Crippen LogP contribution in [0.1, 0.15) is 26.3 Å². The number of benzene rings is 2. The molecule has 3 N–H and O–H groups in total. The fourth-order valence-electron chi connectivity index (χ4n) is 1.85. The van der Waals surface area contributed by atoms with Gasteiger partial charge < -0.3 is 5.32 Å². The van der Waals surface area contributed by atoms with Crippen molar-refractivity contribution in [3.63, 3.8) is 0 Å². The molecule has 124 valence electrons. The minimum absolute atomic E-state index is 0.274. The smallest absolute Gasteiger partial charge is 0.269 e. The second-order valence-corrected chi connectivity index (χ2v) is 5.44. The van der Waals surface area contributed by atoms with E-state index in [0.717, 1.165) is 5.56 Å². The number of halogens is 1. The molecule has 7 heteroatoms. The van der Waals surface area contributed by atoms with Crippen molar-refractivity contribution in [2.75, 3.05) is 6.54 Å². The molecular formula is C17H16ClN3O3. The minimum Gasteiger partial charge on any atom is -0.343 e. The summed E-state index contributed by atoms with van der Waals surface area (Å²) in [6.45, 7) is 1.61. The summed E-state index contributed by atoms with van der Waals surface area (Å²) in [5.74, 6) is -1.47. The first kappa shape index (κ1) is 17.5. The van der Waals surface area contributed by atoms with Gasteiger partial charge >= 0.3 is 0 Å². The van der Waals surface area contributed by atoms with E-state index >= 15 is 0 Å². The molecule has 0 saturated carbocycles. The van der Waals surface area contributed by atoms with Crippen molar-refractivity contribution >= 4 is 29.3 Å². The Labute approximate surface area is 144 Å². The molecule has 3 amide bonds. The SMILES string of the molecule is Cc1ccc(C(=O)NNC(=O)CNC(=O)c2ccccc2Cl)cc1. The van der Waals surface area contributed by atoms with Gasteiger partial charge in [-0.3, -0.25) is 25.2 Å². The molecule has 6 nitrogen and oxygen atoms in total. The summed E-state index contributed by atoms with van der Waals surface area (Å²) in [4.78, 5) is 35.4. The Morgan fingerprint density at radius 1 is 0.917 bits per heavy atom. The van der Waals surface area contributed by atoms with E-state index in [1.165, 1.54) is 0 Å². The number of hydrazine groups is 1. The second kappa shape index (κ2) is 8.12. The largest absolute Gasteiger partial charge is 0.343 e. The number of amides is 3. The zero-order valence-corrected chi connectivity index (χ0v) is 13.7. The van der Waals surface area contributed by atoms with Crippen LogP contribution in [-0.4, -0.2) is 24.3 Å². The molecule has 0 aliphatic rings. The highest BCUT2D eigenvalue weighted by Gasteiger charge is 2.11. The highest BCUT2D eigenvalue weighted by Crippen LogP contribution is 2.14. The summed E-state index contributed by atoms with van der Waals surface area (Å²) >= 11 is 5.90. The summed E-state index contributed by atoms with van der Waals surface area (Å²) < 4.78 is 0. The molecule has 0 radical (unpaired) electrons. The number of aryl methyl sites for hydroxylation is 1. The van der Waals surface area contributed by atoms with Crippen molar-refractivity contribution in [2.45, 2.75) is 6.92 Å². The van der Waals surface area contributed by atoms with Crippen molar-refractivity contribution in [3.8, 4) is 0 Å². The van der Waals surface area contributed by atoms with E-state index in [9.17, 15) is 14.4 Å². The first-order valence-corrected chi connectivity index (χ1v) is 7.54. The molecule has 2 aromatic rings. The predicted molar refractivity (Wildman–Crippen MR) is 90.6 cm³/mol. The summed E-state index contributed by atoms with van der Waals surface area (Å²) in [6.07, 6.45) is 0. The quantitative estimate of drug-likeness (QED) is 0.739. The van der Waals surface area contributed by atoms with Gasteiger partial charge in [0.15, 0.2) is 0 Å². The van der Waals surface area contributed by atoms with E-state index in [1.807, 2.05) is 6.92 Å². The lowest BCUT2D eigenvalue weighted by Gasteiger charge is -2.09. The number of hydrogen-bond donors (Lipinski definition) is 3. The normalized spacial score (nSPS) is 9.92. The molecule has 0 atom stereocenters. The van der Waals surface area contributed by atoms with E-state index in [0.29, 0.717) is 10.6 Å². The number of carbonyl (C=O) groups excluding carboxylic acids is 3. The van der Waals surface area contributed by atoms with Crippen molar-refractivity contribution in [3.05, 3.63) is 70.2 Å². The van der Waals surface area contributed by atoms with Gasteiger partial charge in [0.2, 0.25) is 0 Å². The van der Waals surface area contributed by atoms with Crippen LogP contribution in [0.3, 0.4) is 0 Å². The monoisotopic (exact) mass is 345 g/mol. The molecule has 24 heavy (non-hydrogen) atoms. The van der Waals surface area contributed by atoms with E-state index in [1.54, 1.807) is 48.5 Å². The molecule has 2 rings (SSSR count). The summed E-state index contributed by atoms with van der Waals surface area (Å²) in [7, 11) is 0. The maximum Gasteiger partial charge on any atom is 0.269 e. The third-order valence-electron chi connectivity index (χ3n) is 3.16. The lowest BCUT2D eigenvalue weighted by molar-refractivity contribution is -0.120. The lowest BCUT2D eigenvalue weighted by atomic mass is 10.1. The number of hydrogen-bond acceptors (Lipinski definition) is 3. The van der Waals surface area contributed by atoms with Gasteiger partial charge in [-0.1, -0.05) is 41.4 Å². The summed E-state index contributed by atoms with van der Waals surface area (Å²) in [5.41, 5.74) is 6.23. The summed E-state index contributed by atoms with van der Waals surface area (Å²) in [5, 5.41) is 2.72. The van der Waals surface area contributed by atoms with Crippen molar-refractivity contribution in [1.29, 1.82) is 0 Å². The Kier molecular flexibility index (Phi) is 5.92. The maximum atomic E-state index is 11.9. The first-order chi connectivity index (χ1) is 11.5. The molecule has 0 aliphatic heterocycles. The zero-order chi connectivity index (χ0) is 17.5. The molecule has 0 unspecified atom stereocenters. The fourth-order valence-corrected chi connectivity index (χ4v) is 2.07. The van der Waals surface area contributed by atoms with Crippen molar-refractivity contribution in [1.82, 2.24) is 16.2 Å². The molecule has 0 aliphatic carbocycles. The van der Waals surface area contributed by atoms with Gasteiger partial charge in [-0.2, -0.15) is 0 Å². The Balaban J connectivity index is 1.79. The highest BCUT2D eigenvalue weighted by atomic mass is 35.5. The fraction of sp³-hybridized carbons (Fsp3) is 0.118. The van der Waals surface area contributed by atoms with Gasteiger partial charge in [-0.05, 0) is 31.2 Å². The van der Waals surface area contributed by atoms with Crippen LogP contribution in [0, 0.1) is 6.92 Å². The van der Waals surface area contributed by atoms with Crippen LogP contribution in [0.4, 0.5) is 0 Å². The Morgan fingerprint density at radius 2 is 1.58 bits per heavy atom. The standard InChI is InChI=1S/C17H16ClN3O3/c1-11-6-8-12(9-7-11)16(23)21-20-15(22)10-19-17(24)13-4-2-3-5-14(13)18/h2-9H,10H2,1H3,(H,19,24)(H,20,22)(H,21,23). The molecule has 0 saturated heterocycles. The molecule has 2 aromatic carbocycles. The van der Waals surface area contributed by atoms with E-state index < -0.39 is 17.7 Å². The number of carbonyl (C=O) groups is 3. The van der Waals surface area contributed by atoms with Gasteiger partial charge in [0.05, 0.1) is 17.1 Å². The van der Waals surface area contributed by atoms with E-state index in [4.69, 9.17) is 11.6 Å². The number of nitrogens with one attached hydrogen (secondary N) is 3. The van der Waals surface area contributed by atoms with Gasteiger partial charge in [0.25, 0.3) is 17.7 Å². The Bertz CT molecular complexity index is 760. The first-order valence-electron chi connectivity index (χ1n) is 7.16. The Hall–Kier alpha value is -2.86. The third kappa shape index (κ3) is 4.82. The molecule has 0 aromatic heterocycles. The van der Waals surface area contributed by atoms with Crippen LogP contribution in [-0.2, 0) is 4.79 Å². The van der Waals surface area contributed by atoms with Gasteiger partial charge in [-0.25, -0.2) is 0 Å². The van der Waals surface area contributed by atoms with Crippen LogP contribution in [0.25, 0.3) is 0 Å².